The normalized spacial score (nSPS) is 11.0. The van der Waals surface area contributed by atoms with Gasteiger partial charge in [0.1, 0.15) is 10.8 Å². The van der Waals surface area contributed by atoms with Gasteiger partial charge < -0.3 is 9.72 Å². The first kappa shape index (κ1) is 13.9. The molecule has 0 saturated carbocycles. The van der Waals surface area contributed by atoms with Crippen LogP contribution in [-0.2, 0) is 0 Å². The molecule has 2 aromatic heterocycles. The molecule has 1 N–H and O–H groups in total. The molecule has 2 heterocycles. The molecule has 4 nitrogen and oxygen atoms in total. The largest absolute Gasteiger partial charge is 0.369 e. The summed E-state index contributed by atoms with van der Waals surface area (Å²) in [5.41, 5.74) is 2.14. The molecule has 0 saturated heterocycles. The first-order chi connectivity index (χ1) is 10.3. The van der Waals surface area contributed by atoms with Crippen molar-refractivity contribution in [2.24, 2.45) is 0 Å². The molecule has 21 heavy (non-hydrogen) atoms. The highest BCUT2D eigenvalue weighted by atomic mass is 32.2. The molecule has 0 radical (unpaired) electrons. The fraction of sp³-hybridized carbons (Fsp3) is 0.250. The third-order valence-electron chi connectivity index (χ3n) is 3.20. The van der Waals surface area contributed by atoms with E-state index in [0.29, 0.717) is 0 Å². The number of anilines is 1. The van der Waals surface area contributed by atoms with Crippen molar-refractivity contribution in [3.8, 4) is 0 Å². The Hall–Kier alpha value is -2.01. The number of benzene rings is 1. The van der Waals surface area contributed by atoms with Crippen LogP contribution in [0.1, 0.15) is 18.9 Å². The number of nitrogens with zero attached hydrogens (tertiary/aromatic N) is 3. The van der Waals surface area contributed by atoms with E-state index in [4.69, 9.17) is 4.98 Å². The summed E-state index contributed by atoms with van der Waals surface area (Å²) in [7, 11) is 0. The molecule has 0 aliphatic carbocycles. The van der Waals surface area contributed by atoms with Crippen LogP contribution in [0.5, 0.6) is 0 Å². The van der Waals surface area contributed by atoms with Crippen LogP contribution in [0.25, 0.3) is 5.65 Å². The van der Waals surface area contributed by atoms with E-state index in [0.717, 1.165) is 29.5 Å². The number of fused-ring (bicyclic) bond motifs is 1. The Labute approximate surface area is 128 Å². The van der Waals surface area contributed by atoms with Gasteiger partial charge in [0.05, 0.1) is 6.20 Å². The van der Waals surface area contributed by atoms with Crippen LogP contribution in [0, 0.1) is 6.92 Å². The van der Waals surface area contributed by atoms with E-state index in [1.54, 1.807) is 11.8 Å². The fourth-order valence-electron chi connectivity index (χ4n) is 2.08. The minimum absolute atomic E-state index is 0.887. The highest BCUT2D eigenvalue weighted by Gasteiger charge is 2.10. The van der Waals surface area contributed by atoms with Gasteiger partial charge in [-0.1, -0.05) is 36.9 Å². The van der Waals surface area contributed by atoms with Crippen LogP contribution >= 0.6 is 11.8 Å². The average Bonchev–Trinajstić information content (AvgIpc) is 2.96. The van der Waals surface area contributed by atoms with Gasteiger partial charge in [0.2, 0.25) is 0 Å². The molecule has 0 aliphatic rings. The molecule has 3 aromatic rings. The summed E-state index contributed by atoms with van der Waals surface area (Å²) in [6, 6.07) is 8.34. The number of aryl methyl sites for hydroxylation is 1. The van der Waals surface area contributed by atoms with Gasteiger partial charge >= 0.3 is 0 Å². The van der Waals surface area contributed by atoms with Gasteiger partial charge in [-0.3, -0.25) is 0 Å². The summed E-state index contributed by atoms with van der Waals surface area (Å²) in [4.78, 5) is 10.3. The van der Waals surface area contributed by atoms with Gasteiger partial charge in [-0.15, -0.1) is 0 Å². The number of aromatic nitrogens is 3. The van der Waals surface area contributed by atoms with Crippen molar-refractivity contribution in [1.82, 2.24) is 14.4 Å². The summed E-state index contributed by atoms with van der Waals surface area (Å²) in [5.74, 6) is 0.887. The molecule has 5 heteroatoms. The Morgan fingerprint density at radius 2 is 2.14 bits per heavy atom. The quantitative estimate of drug-likeness (QED) is 0.773. The number of imidazole rings is 1. The first-order valence-electron chi connectivity index (χ1n) is 7.09. The summed E-state index contributed by atoms with van der Waals surface area (Å²) < 4.78 is 2.02. The van der Waals surface area contributed by atoms with Gasteiger partial charge in [-0.25, -0.2) is 9.97 Å². The number of hydrogen-bond donors (Lipinski definition) is 1. The van der Waals surface area contributed by atoms with Crippen LogP contribution in [0.15, 0.2) is 52.8 Å². The van der Waals surface area contributed by atoms with Gasteiger partial charge in [0, 0.05) is 23.8 Å². The standard InChI is InChI=1S/C16H18N4S/c1-3-8-17-14-11-20-10-9-18-15(20)16(19-14)21-13-7-5-4-6-12(13)2/h4-7,9-11,17H,3,8H2,1-2H3. The number of rotatable bonds is 5. The van der Waals surface area contributed by atoms with Gasteiger partial charge in [-0.2, -0.15) is 0 Å². The third-order valence-corrected chi connectivity index (χ3v) is 4.34. The zero-order chi connectivity index (χ0) is 14.7. The van der Waals surface area contributed by atoms with E-state index >= 15 is 0 Å². The Balaban J connectivity index is 2.00. The molecule has 0 fully saturated rings. The van der Waals surface area contributed by atoms with Gasteiger partial charge in [0.15, 0.2) is 5.65 Å². The van der Waals surface area contributed by atoms with Gasteiger partial charge in [0.25, 0.3) is 0 Å². The van der Waals surface area contributed by atoms with E-state index in [-0.39, 0.29) is 0 Å². The predicted molar refractivity (Wildman–Crippen MR) is 87.1 cm³/mol. The van der Waals surface area contributed by atoms with Crippen LogP contribution in [0.2, 0.25) is 0 Å². The Morgan fingerprint density at radius 3 is 2.95 bits per heavy atom. The summed E-state index contributed by atoms with van der Waals surface area (Å²) in [5, 5.41) is 4.27. The van der Waals surface area contributed by atoms with E-state index in [1.165, 1.54) is 10.5 Å². The van der Waals surface area contributed by atoms with Crippen LogP contribution in [0.4, 0.5) is 5.82 Å². The van der Waals surface area contributed by atoms with Crippen molar-refractivity contribution >= 4 is 23.2 Å². The molecule has 0 unspecified atom stereocenters. The molecule has 108 valence electrons. The highest BCUT2D eigenvalue weighted by Crippen LogP contribution is 2.31. The second-order valence-electron chi connectivity index (χ2n) is 4.88. The molecule has 1 aromatic carbocycles. The summed E-state index contributed by atoms with van der Waals surface area (Å²) in [6.07, 6.45) is 6.82. The molecular formula is C16H18N4S. The highest BCUT2D eigenvalue weighted by molar-refractivity contribution is 7.99. The predicted octanol–water partition coefficient (Wildman–Crippen LogP) is 4.01. The number of hydrogen-bond acceptors (Lipinski definition) is 4. The first-order valence-corrected chi connectivity index (χ1v) is 7.90. The maximum atomic E-state index is 4.72. The van der Waals surface area contributed by atoms with E-state index in [9.17, 15) is 0 Å². The van der Waals surface area contributed by atoms with Crippen LogP contribution in [0.3, 0.4) is 0 Å². The van der Waals surface area contributed by atoms with Crippen molar-refractivity contribution in [2.75, 3.05) is 11.9 Å². The average molecular weight is 298 g/mol. The number of nitrogens with one attached hydrogen (secondary N) is 1. The second-order valence-corrected chi connectivity index (χ2v) is 5.91. The lowest BCUT2D eigenvalue weighted by Gasteiger charge is -2.09. The van der Waals surface area contributed by atoms with Crippen molar-refractivity contribution in [1.29, 1.82) is 0 Å². The lowest BCUT2D eigenvalue weighted by atomic mass is 10.2. The van der Waals surface area contributed by atoms with Crippen LogP contribution < -0.4 is 5.32 Å². The van der Waals surface area contributed by atoms with Gasteiger partial charge in [-0.05, 0) is 25.0 Å². The van der Waals surface area contributed by atoms with Crippen LogP contribution in [-0.4, -0.2) is 20.9 Å². The Bertz CT molecular complexity index is 751. The fourth-order valence-corrected chi connectivity index (χ4v) is 3.06. The van der Waals surface area contributed by atoms with E-state index in [2.05, 4.69) is 48.4 Å². The van der Waals surface area contributed by atoms with Crippen molar-refractivity contribution in [2.45, 2.75) is 30.2 Å². The zero-order valence-electron chi connectivity index (χ0n) is 12.2. The van der Waals surface area contributed by atoms with E-state index < -0.39 is 0 Å². The monoisotopic (exact) mass is 298 g/mol. The summed E-state index contributed by atoms with van der Waals surface area (Å²) >= 11 is 1.66. The van der Waals surface area contributed by atoms with Crippen molar-refractivity contribution in [3.05, 3.63) is 48.4 Å². The Morgan fingerprint density at radius 1 is 1.29 bits per heavy atom. The minimum atomic E-state index is 0.887. The maximum absolute atomic E-state index is 4.72. The molecular weight excluding hydrogens is 280 g/mol. The lowest BCUT2D eigenvalue weighted by Crippen LogP contribution is -2.04. The molecule has 0 aliphatic heterocycles. The smallest absolute Gasteiger partial charge is 0.170 e. The van der Waals surface area contributed by atoms with Crippen molar-refractivity contribution in [3.63, 3.8) is 0 Å². The molecule has 0 spiro atoms. The minimum Gasteiger partial charge on any atom is -0.369 e. The second kappa shape index (κ2) is 6.18. The molecule has 0 atom stereocenters. The molecule has 0 bridgehead atoms. The molecule has 0 amide bonds. The topological polar surface area (TPSA) is 42.2 Å². The van der Waals surface area contributed by atoms with Crippen molar-refractivity contribution < 1.29 is 0 Å². The zero-order valence-corrected chi connectivity index (χ0v) is 13.0. The SMILES string of the molecule is CCCNc1cn2ccnc2c(Sc2ccccc2C)n1. The van der Waals surface area contributed by atoms with E-state index in [1.807, 2.05) is 23.0 Å². The Kier molecular flexibility index (Phi) is 4.10. The maximum Gasteiger partial charge on any atom is 0.170 e. The lowest BCUT2D eigenvalue weighted by molar-refractivity contribution is 0.945. The third kappa shape index (κ3) is 3.03. The molecule has 3 rings (SSSR count). The summed E-state index contributed by atoms with van der Waals surface area (Å²) in [6.45, 7) is 5.18.